The van der Waals surface area contributed by atoms with Crippen molar-refractivity contribution in [3.05, 3.63) is 72.9 Å². The van der Waals surface area contributed by atoms with Gasteiger partial charge >= 0.3 is 47.8 Å². The van der Waals surface area contributed by atoms with Gasteiger partial charge in [0.15, 0.2) is 82.5 Å². The quantitative estimate of drug-likeness (QED) is 0.0355. The molecule has 0 radical (unpaired) electrons. The molecule has 9 unspecified atom stereocenters. The Kier molecular flexibility index (Phi) is 40.5. The highest BCUT2D eigenvalue weighted by Crippen LogP contribution is 2.38. The largest absolute Gasteiger partial charge is 0.463 e. The molecule has 688 valence electrons. The van der Waals surface area contributed by atoms with Gasteiger partial charge in [-0.3, -0.25) is 19.2 Å². The van der Waals surface area contributed by atoms with Crippen molar-refractivity contribution < 1.29 is 171 Å². The van der Waals surface area contributed by atoms with Crippen LogP contribution in [0.4, 0.5) is 0 Å². The fourth-order valence-corrected chi connectivity index (χ4v) is 11.9. The average Bonchev–Trinajstić information content (AvgIpc) is 1.66. The Morgan fingerprint density at radius 3 is 0.843 bits per heavy atom. The number of carbonyl (C=O) groups excluding carboxylic acids is 10. The lowest BCUT2D eigenvalue weighted by Gasteiger charge is -2.28. The van der Waals surface area contributed by atoms with Gasteiger partial charge < -0.3 is 123 Å². The lowest BCUT2D eigenvalue weighted by Crippen LogP contribution is -2.45. The predicted octanol–water partition coefficient (Wildman–Crippen LogP) is 8.75. The van der Waals surface area contributed by atoms with Crippen LogP contribution < -0.4 is 0 Å². The van der Waals surface area contributed by atoms with E-state index in [1.54, 1.807) is 104 Å². The van der Waals surface area contributed by atoms with Crippen molar-refractivity contribution in [1.82, 2.24) is 0 Å². The highest BCUT2D eigenvalue weighted by molar-refractivity contribution is 5.92. The smallest absolute Gasteiger partial charge is 0.333 e. The first-order chi connectivity index (χ1) is 55.6. The highest BCUT2D eigenvalue weighted by Gasteiger charge is 2.52. The molecule has 9 aliphatic rings. The standard InChI is InChI=1S/C18H28O8.C17H26O7.C15H24O6.C13H20O6.C12H18O5.C10H16O4/c1-11(2)16(20)21-8-7-14(19)24-15(12-9-22-17(3,4)25-12)13-10-23-18(5,6)26-13;1-10(2)15(19)20-7-11(18)14(12-8-21-16(3,4)23-12)13-9-22-17(5,6)24-13;1-9(2)13(16)19-12(10-7-17-14(3,4)20-10)11-8-18-15(5,6)21-11;1-9(2)12(15)16-6-5-11(14)17-7-10-8-18-13(3,4)19-10;1-8(2)11(14)15-6-9(13)5-10-7-16-12(3,4)17-10;1-7(2)9(11)12-5-8-6-13-10(3,4)14-8/h12-13,15H,1,7-10H2,2-6H3;12-14H,1,7-9H2,2-6H3;10-12H,1,7-8H2,2-6H3;10H,1,5-8H2,2-4H3;10H,1,5-7H2,2-4H3;8H,1,5-6H2,2-4H3. The van der Waals surface area contributed by atoms with Gasteiger partial charge in [0.25, 0.3) is 0 Å². The van der Waals surface area contributed by atoms with Crippen molar-refractivity contribution in [1.29, 1.82) is 0 Å². The van der Waals surface area contributed by atoms with Crippen LogP contribution in [0.15, 0.2) is 72.9 Å². The second-order valence-electron chi connectivity index (χ2n) is 34.0. The molecule has 0 saturated carbocycles. The SMILES string of the molecule is C=C(C)C(=O)OC(C1COC(C)(C)O1)C1COC(C)(C)O1.C=C(C)C(=O)OCC(=O)C(C1COC(C)(C)O1)C1COC(C)(C)O1.C=C(C)C(=O)OCC(=O)CC1COC(C)(C)O1.C=C(C)C(=O)OCC1COC(C)(C)O1.C=C(C)C(=O)OCCC(=O)OC(C1COC(C)(C)O1)C1COC(C)(C)O1.C=C(C)C(=O)OCCC(=O)OCC1COC(C)(C)O1. The van der Waals surface area contributed by atoms with Crippen LogP contribution in [-0.2, 0) is 171 Å². The van der Waals surface area contributed by atoms with Gasteiger partial charge in [0.1, 0.15) is 69.7 Å². The molecule has 0 amide bonds. The maximum absolute atomic E-state index is 12.7. The van der Waals surface area contributed by atoms with E-state index in [2.05, 4.69) is 39.5 Å². The maximum Gasteiger partial charge on any atom is 0.333 e. The van der Waals surface area contributed by atoms with Gasteiger partial charge in [0, 0.05) is 39.9 Å². The van der Waals surface area contributed by atoms with Crippen LogP contribution in [0.1, 0.15) is 185 Å². The number of carbonyl (C=O) groups is 10. The summed E-state index contributed by atoms with van der Waals surface area (Å²) in [6.45, 7) is 65.3. The maximum atomic E-state index is 12.7. The topological polar surface area (TPSA) is 411 Å². The van der Waals surface area contributed by atoms with E-state index in [1.165, 1.54) is 20.8 Å². The van der Waals surface area contributed by atoms with E-state index in [9.17, 15) is 47.9 Å². The molecule has 0 aromatic rings. The van der Waals surface area contributed by atoms with Crippen molar-refractivity contribution in [3.8, 4) is 0 Å². The number of esters is 8. The van der Waals surface area contributed by atoms with E-state index in [-0.39, 0.29) is 132 Å². The van der Waals surface area contributed by atoms with E-state index in [1.807, 2.05) is 41.5 Å². The molecule has 0 N–H and O–H groups in total. The number of Topliss-reactive ketones (excluding diaryl/α,β-unsaturated/α-hetero) is 2. The van der Waals surface area contributed by atoms with Crippen LogP contribution in [0.2, 0.25) is 0 Å². The van der Waals surface area contributed by atoms with E-state index in [4.69, 9.17) is 123 Å². The van der Waals surface area contributed by atoms with Crippen LogP contribution in [0.3, 0.4) is 0 Å². The molecule has 36 nitrogen and oxygen atoms in total. The number of hydrogen-bond acceptors (Lipinski definition) is 36. The normalized spacial score (nSPS) is 26.5. The second-order valence-corrected chi connectivity index (χ2v) is 34.0. The van der Waals surface area contributed by atoms with Crippen LogP contribution in [0.5, 0.6) is 0 Å². The molecule has 9 fully saturated rings. The third kappa shape index (κ3) is 39.3. The molecule has 0 spiro atoms. The van der Waals surface area contributed by atoms with Gasteiger partial charge in [-0.25, -0.2) is 28.8 Å². The summed E-state index contributed by atoms with van der Waals surface area (Å²) in [6, 6.07) is 0. The fourth-order valence-electron chi connectivity index (χ4n) is 11.9. The van der Waals surface area contributed by atoms with Crippen molar-refractivity contribution in [3.63, 3.8) is 0 Å². The third-order valence-electron chi connectivity index (χ3n) is 17.7. The van der Waals surface area contributed by atoms with E-state index < -0.39 is 155 Å². The molecule has 0 aromatic carbocycles. The predicted molar refractivity (Wildman–Crippen MR) is 426 cm³/mol. The third-order valence-corrected chi connectivity index (χ3v) is 17.7. The van der Waals surface area contributed by atoms with Crippen molar-refractivity contribution in [2.45, 2.75) is 305 Å². The van der Waals surface area contributed by atoms with Crippen LogP contribution in [-0.4, -0.2) is 278 Å². The fraction of sp³-hybridized carbons (Fsp3) is 0.741. The molecule has 9 heterocycles. The molecule has 0 aromatic heterocycles. The molecule has 9 aliphatic heterocycles. The minimum atomic E-state index is -0.771. The average molecular weight is 1730 g/mol. The number of rotatable bonds is 31. The van der Waals surface area contributed by atoms with Crippen LogP contribution in [0.25, 0.3) is 0 Å². The molecule has 9 atom stereocenters. The first-order valence-corrected chi connectivity index (χ1v) is 39.8. The summed E-state index contributed by atoms with van der Waals surface area (Å²) < 4.78 is 141. The zero-order valence-corrected chi connectivity index (χ0v) is 75.1. The van der Waals surface area contributed by atoms with Gasteiger partial charge in [0.2, 0.25) is 0 Å². The Balaban J connectivity index is 0.000000308. The van der Waals surface area contributed by atoms with Crippen molar-refractivity contribution >= 4 is 59.3 Å². The van der Waals surface area contributed by atoms with Gasteiger partial charge in [-0.15, -0.1) is 0 Å². The van der Waals surface area contributed by atoms with E-state index in [0.29, 0.717) is 49.8 Å². The highest BCUT2D eigenvalue weighted by atomic mass is 16.8. The summed E-state index contributed by atoms with van der Waals surface area (Å²) in [7, 11) is 0. The van der Waals surface area contributed by atoms with E-state index >= 15 is 0 Å². The first kappa shape index (κ1) is 106. The Bertz CT molecular complexity index is 3540. The first-order valence-electron chi connectivity index (χ1n) is 39.8. The zero-order valence-electron chi connectivity index (χ0n) is 75.1. The molecule has 9 saturated heterocycles. The van der Waals surface area contributed by atoms with Crippen LogP contribution >= 0.6 is 0 Å². The molecule has 0 aliphatic carbocycles. The Labute approximate surface area is 710 Å². The minimum absolute atomic E-state index is 0.00991. The summed E-state index contributed by atoms with van der Waals surface area (Å²) in [6.07, 6.45) is -4.59. The Morgan fingerprint density at radius 1 is 0.289 bits per heavy atom. The zero-order chi connectivity index (χ0) is 91.8. The van der Waals surface area contributed by atoms with Crippen LogP contribution in [0, 0.1) is 5.92 Å². The lowest BCUT2D eigenvalue weighted by molar-refractivity contribution is -0.195. The molecular formula is C85H132O36. The van der Waals surface area contributed by atoms with Gasteiger partial charge in [-0.05, 0) is 166 Å². The second kappa shape index (κ2) is 46.2. The summed E-state index contributed by atoms with van der Waals surface area (Å²) in [5, 5.41) is 0. The number of hydrogen-bond donors (Lipinski definition) is 0. The minimum Gasteiger partial charge on any atom is -0.463 e. The van der Waals surface area contributed by atoms with Crippen molar-refractivity contribution in [2.24, 2.45) is 5.92 Å². The summed E-state index contributed by atoms with van der Waals surface area (Å²) >= 11 is 0. The molecule has 121 heavy (non-hydrogen) atoms. The Hall–Kier alpha value is -7.18. The Morgan fingerprint density at radius 2 is 0.545 bits per heavy atom. The van der Waals surface area contributed by atoms with Gasteiger partial charge in [0.05, 0.1) is 96.5 Å². The summed E-state index contributed by atoms with van der Waals surface area (Å²) in [5.41, 5.74) is 1.81. The van der Waals surface area contributed by atoms with Gasteiger partial charge in [-0.1, -0.05) is 39.5 Å². The number of ether oxygens (including phenoxy) is 26. The van der Waals surface area contributed by atoms with E-state index in [0.717, 1.165) is 0 Å². The monoisotopic (exact) mass is 1730 g/mol. The lowest BCUT2D eigenvalue weighted by atomic mass is 9.92. The number of ketones is 2. The van der Waals surface area contributed by atoms with Crippen molar-refractivity contribution in [2.75, 3.05) is 99.1 Å². The summed E-state index contributed by atoms with van der Waals surface area (Å²) in [5.74, 6) is -11.5. The molecular weight excluding hydrogens is 1600 g/mol. The summed E-state index contributed by atoms with van der Waals surface area (Å²) in [4.78, 5) is 116. The van der Waals surface area contributed by atoms with Gasteiger partial charge in [-0.2, -0.15) is 0 Å². The molecule has 36 heteroatoms. The molecule has 9 rings (SSSR count). The molecule has 0 bridgehead atoms.